The number of hydrogen-bond donors (Lipinski definition) is 1. The van der Waals surface area contributed by atoms with E-state index in [2.05, 4.69) is 10.3 Å². The summed E-state index contributed by atoms with van der Waals surface area (Å²) in [6, 6.07) is 11.9. The SMILES string of the molecule is O=C(NC1CCCC1)C(c1cccnc1)N(Cc1ccccc1F)C(=O)c1ccco1. The van der Waals surface area contributed by atoms with Crippen LogP contribution in [0.15, 0.2) is 71.6 Å². The van der Waals surface area contributed by atoms with Crippen LogP contribution in [0.1, 0.15) is 53.4 Å². The Morgan fingerprint density at radius 2 is 1.94 bits per heavy atom. The molecule has 1 N–H and O–H groups in total. The highest BCUT2D eigenvalue weighted by molar-refractivity contribution is 5.96. The van der Waals surface area contributed by atoms with Crippen molar-refractivity contribution in [2.45, 2.75) is 44.3 Å². The van der Waals surface area contributed by atoms with Crippen LogP contribution in [0, 0.1) is 5.82 Å². The van der Waals surface area contributed by atoms with Crippen LogP contribution >= 0.6 is 0 Å². The van der Waals surface area contributed by atoms with Gasteiger partial charge in [0.15, 0.2) is 5.76 Å². The molecular weight excluding hydrogens is 397 g/mol. The largest absolute Gasteiger partial charge is 0.459 e. The van der Waals surface area contributed by atoms with E-state index in [1.807, 2.05) is 0 Å². The zero-order valence-electron chi connectivity index (χ0n) is 17.0. The van der Waals surface area contributed by atoms with E-state index in [9.17, 15) is 14.0 Å². The summed E-state index contributed by atoms with van der Waals surface area (Å²) in [6.45, 7) is -0.0934. The van der Waals surface area contributed by atoms with Crippen molar-refractivity contribution in [3.05, 3.63) is 89.9 Å². The molecule has 1 aliphatic rings. The first-order valence-corrected chi connectivity index (χ1v) is 10.4. The van der Waals surface area contributed by atoms with Crippen molar-refractivity contribution in [3.63, 3.8) is 0 Å². The van der Waals surface area contributed by atoms with Crippen LogP contribution < -0.4 is 5.32 Å². The highest BCUT2D eigenvalue weighted by atomic mass is 19.1. The number of nitrogens with zero attached hydrogens (tertiary/aromatic N) is 2. The molecule has 1 fully saturated rings. The molecule has 0 aliphatic heterocycles. The maximum absolute atomic E-state index is 14.5. The molecule has 3 aromatic rings. The van der Waals surface area contributed by atoms with E-state index in [0.29, 0.717) is 11.1 Å². The Morgan fingerprint density at radius 3 is 2.61 bits per heavy atom. The lowest BCUT2D eigenvalue weighted by Crippen LogP contribution is -2.46. The average Bonchev–Trinajstić information content (AvgIpc) is 3.49. The molecule has 1 aromatic carbocycles. The number of aromatic nitrogens is 1. The number of carbonyl (C=O) groups is 2. The number of nitrogens with one attached hydrogen (secondary N) is 1. The normalized spacial score (nSPS) is 14.9. The van der Waals surface area contributed by atoms with E-state index < -0.39 is 17.8 Å². The number of amides is 2. The van der Waals surface area contributed by atoms with Crippen molar-refractivity contribution in [3.8, 4) is 0 Å². The summed E-state index contributed by atoms with van der Waals surface area (Å²) in [4.78, 5) is 32.3. The van der Waals surface area contributed by atoms with Gasteiger partial charge >= 0.3 is 0 Å². The smallest absolute Gasteiger partial charge is 0.290 e. The summed E-state index contributed by atoms with van der Waals surface area (Å²) in [5.41, 5.74) is 0.860. The number of carbonyl (C=O) groups excluding carboxylic acids is 2. The van der Waals surface area contributed by atoms with Crippen LogP contribution in [0.2, 0.25) is 0 Å². The molecular formula is C24H24FN3O3. The van der Waals surface area contributed by atoms with Crippen molar-refractivity contribution in [2.75, 3.05) is 0 Å². The third kappa shape index (κ3) is 4.82. The molecule has 1 atom stereocenters. The molecule has 6 nitrogen and oxygen atoms in total. The van der Waals surface area contributed by atoms with Crippen molar-refractivity contribution in [2.24, 2.45) is 0 Å². The van der Waals surface area contributed by atoms with Gasteiger partial charge in [-0.25, -0.2) is 4.39 Å². The van der Waals surface area contributed by atoms with Crippen LogP contribution in [0.25, 0.3) is 0 Å². The fourth-order valence-electron chi connectivity index (χ4n) is 3.99. The Labute approximate surface area is 180 Å². The second-order valence-electron chi connectivity index (χ2n) is 7.68. The Kier molecular flexibility index (Phi) is 6.40. The van der Waals surface area contributed by atoms with Crippen LogP contribution in [0.3, 0.4) is 0 Å². The topological polar surface area (TPSA) is 75.4 Å². The summed E-state index contributed by atoms with van der Waals surface area (Å²) < 4.78 is 19.8. The average molecular weight is 421 g/mol. The highest BCUT2D eigenvalue weighted by Crippen LogP contribution is 2.27. The van der Waals surface area contributed by atoms with Crippen LogP contribution in [-0.4, -0.2) is 27.7 Å². The molecule has 4 rings (SSSR count). The van der Waals surface area contributed by atoms with Crippen LogP contribution in [0.5, 0.6) is 0 Å². The van der Waals surface area contributed by atoms with Gasteiger partial charge in [0.05, 0.1) is 12.8 Å². The third-order valence-corrected chi connectivity index (χ3v) is 5.55. The quantitative estimate of drug-likeness (QED) is 0.619. The second kappa shape index (κ2) is 9.55. The van der Waals surface area contributed by atoms with Gasteiger partial charge < -0.3 is 14.6 Å². The van der Waals surface area contributed by atoms with Gasteiger partial charge in [0.2, 0.25) is 5.91 Å². The van der Waals surface area contributed by atoms with E-state index in [1.165, 1.54) is 23.3 Å². The molecule has 2 amide bonds. The van der Waals surface area contributed by atoms with Gasteiger partial charge in [-0.05, 0) is 37.1 Å². The molecule has 2 heterocycles. The fraction of sp³-hybridized carbons (Fsp3) is 0.292. The Hall–Kier alpha value is -3.48. The number of pyridine rings is 1. The molecule has 1 aliphatic carbocycles. The molecule has 2 aromatic heterocycles. The zero-order chi connectivity index (χ0) is 21.6. The van der Waals surface area contributed by atoms with Gasteiger partial charge in [-0.2, -0.15) is 0 Å². The lowest BCUT2D eigenvalue weighted by atomic mass is 10.0. The lowest BCUT2D eigenvalue weighted by molar-refractivity contribution is -0.126. The van der Waals surface area contributed by atoms with Gasteiger partial charge in [0, 0.05) is 29.6 Å². The summed E-state index contributed by atoms with van der Waals surface area (Å²) in [7, 11) is 0. The zero-order valence-corrected chi connectivity index (χ0v) is 17.0. The molecule has 1 saturated carbocycles. The Bertz CT molecular complexity index is 1020. The Morgan fingerprint density at radius 1 is 1.13 bits per heavy atom. The number of furan rings is 1. The number of halogens is 1. The van der Waals surface area contributed by atoms with Gasteiger partial charge in [-0.1, -0.05) is 37.1 Å². The summed E-state index contributed by atoms with van der Waals surface area (Å²) in [6.07, 6.45) is 8.50. The van der Waals surface area contributed by atoms with E-state index >= 15 is 0 Å². The monoisotopic (exact) mass is 421 g/mol. The summed E-state index contributed by atoms with van der Waals surface area (Å²) in [5, 5.41) is 3.07. The molecule has 0 radical (unpaired) electrons. The van der Waals surface area contributed by atoms with Crippen molar-refractivity contribution in [1.82, 2.24) is 15.2 Å². The van der Waals surface area contributed by atoms with Crippen molar-refractivity contribution in [1.29, 1.82) is 0 Å². The molecule has 160 valence electrons. The van der Waals surface area contributed by atoms with Crippen molar-refractivity contribution < 1.29 is 18.4 Å². The first-order valence-electron chi connectivity index (χ1n) is 10.4. The minimum absolute atomic E-state index is 0.0701. The summed E-state index contributed by atoms with van der Waals surface area (Å²) >= 11 is 0. The van der Waals surface area contributed by atoms with Gasteiger partial charge in [0.25, 0.3) is 5.91 Å². The maximum Gasteiger partial charge on any atom is 0.290 e. The number of hydrogen-bond acceptors (Lipinski definition) is 4. The number of rotatable bonds is 7. The molecule has 31 heavy (non-hydrogen) atoms. The maximum atomic E-state index is 14.5. The van der Waals surface area contributed by atoms with E-state index in [4.69, 9.17) is 4.42 Å². The van der Waals surface area contributed by atoms with Gasteiger partial charge in [-0.3, -0.25) is 14.6 Å². The van der Waals surface area contributed by atoms with Gasteiger partial charge in [-0.15, -0.1) is 0 Å². The lowest BCUT2D eigenvalue weighted by Gasteiger charge is -2.31. The minimum atomic E-state index is -0.980. The van der Waals surface area contributed by atoms with E-state index in [-0.39, 0.29) is 24.3 Å². The highest BCUT2D eigenvalue weighted by Gasteiger charge is 2.35. The molecule has 1 unspecified atom stereocenters. The van der Waals surface area contributed by atoms with Crippen molar-refractivity contribution >= 4 is 11.8 Å². The third-order valence-electron chi connectivity index (χ3n) is 5.55. The molecule has 7 heteroatoms. The molecule has 0 saturated heterocycles. The second-order valence-corrected chi connectivity index (χ2v) is 7.68. The predicted octanol–water partition coefficient (Wildman–Crippen LogP) is 4.26. The van der Waals surface area contributed by atoms with Gasteiger partial charge in [0.1, 0.15) is 11.9 Å². The standard InChI is InChI=1S/C24H24FN3O3/c25-20-11-4-1-7-18(20)16-28(24(30)21-12-6-14-31-21)22(17-8-5-13-26-15-17)23(29)27-19-9-2-3-10-19/h1,4-8,11-15,19,22H,2-3,9-10,16H2,(H,27,29). The Balaban J connectivity index is 1.73. The predicted molar refractivity (Wildman–Crippen MR) is 112 cm³/mol. The van der Waals surface area contributed by atoms with Crippen LogP contribution in [-0.2, 0) is 11.3 Å². The number of benzene rings is 1. The fourth-order valence-corrected chi connectivity index (χ4v) is 3.99. The first-order chi connectivity index (χ1) is 15.1. The summed E-state index contributed by atoms with van der Waals surface area (Å²) in [5.74, 6) is -1.17. The molecule has 0 spiro atoms. The van der Waals surface area contributed by atoms with E-state index in [1.54, 1.807) is 48.8 Å². The molecule has 0 bridgehead atoms. The van der Waals surface area contributed by atoms with Crippen LogP contribution in [0.4, 0.5) is 4.39 Å². The minimum Gasteiger partial charge on any atom is -0.459 e. The first kappa shape index (κ1) is 20.8. The van der Waals surface area contributed by atoms with E-state index in [0.717, 1.165) is 25.7 Å².